The SMILES string of the molecule is COc1ccc([C@H]2[C@@H](C(=O)Nc3nc4ccc(OC)cc4s3)c3ccccc3C(=O)N2c2ccc(OC)cc2)cc1. The molecular formula is C32H27N3O5S. The zero-order valence-corrected chi connectivity index (χ0v) is 23.5. The largest absolute Gasteiger partial charge is 0.497 e. The van der Waals surface area contributed by atoms with Gasteiger partial charge in [-0.1, -0.05) is 41.7 Å². The van der Waals surface area contributed by atoms with Crippen molar-refractivity contribution >= 4 is 44.2 Å². The molecule has 2 heterocycles. The van der Waals surface area contributed by atoms with E-state index in [0.29, 0.717) is 39.2 Å². The lowest BCUT2D eigenvalue weighted by atomic mass is 9.79. The topological polar surface area (TPSA) is 90.0 Å². The van der Waals surface area contributed by atoms with Crippen LogP contribution in [0.15, 0.2) is 91.0 Å². The smallest absolute Gasteiger partial charge is 0.259 e. The second-order valence-electron chi connectivity index (χ2n) is 9.50. The Morgan fingerprint density at radius 1 is 0.829 bits per heavy atom. The van der Waals surface area contributed by atoms with Gasteiger partial charge in [-0.25, -0.2) is 4.98 Å². The van der Waals surface area contributed by atoms with Crippen molar-refractivity contribution in [2.24, 2.45) is 0 Å². The Morgan fingerprint density at radius 3 is 2.15 bits per heavy atom. The van der Waals surface area contributed by atoms with Crippen LogP contribution in [0.25, 0.3) is 10.2 Å². The van der Waals surface area contributed by atoms with Crippen molar-refractivity contribution in [2.45, 2.75) is 12.0 Å². The molecule has 1 aromatic heterocycles. The molecule has 41 heavy (non-hydrogen) atoms. The van der Waals surface area contributed by atoms with Crippen LogP contribution in [0.3, 0.4) is 0 Å². The molecule has 1 aliphatic heterocycles. The highest BCUT2D eigenvalue weighted by molar-refractivity contribution is 7.22. The first kappa shape index (κ1) is 26.3. The Kier molecular flexibility index (Phi) is 7.03. The number of benzene rings is 4. The summed E-state index contributed by atoms with van der Waals surface area (Å²) in [5.41, 5.74) is 3.33. The summed E-state index contributed by atoms with van der Waals surface area (Å²) >= 11 is 1.37. The van der Waals surface area contributed by atoms with E-state index in [1.807, 2.05) is 72.8 Å². The van der Waals surface area contributed by atoms with Gasteiger partial charge in [-0.3, -0.25) is 14.5 Å². The maximum atomic E-state index is 14.3. The highest BCUT2D eigenvalue weighted by Gasteiger charge is 2.45. The van der Waals surface area contributed by atoms with Crippen LogP contribution < -0.4 is 24.4 Å². The molecule has 0 aliphatic carbocycles. The summed E-state index contributed by atoms with van der Waals surface area (Å²) < 4.78 is 17.0. The van der Waals surface area contributed by atoms with Crippen molar-refractivity contribution in [1.29, 1.82) is 0 Å². The maximum Gasteiger partial charge on any atom is 0.259 e. The third kappa shape index (κ3) is 4.85. The van der Waals surface area contributed by atoms with E-state index in [2.05, 4.69) is 10.3 Å². The number of aromatic nitrogens is 1. The molecule has 0 spiro atoms. The summed E-state index contributed by atoms with van der Waals surface area (Å²) in [7, 11) is 4.80. The summed E-state index contributed by atoms with van der Waals surface area (Å²) in [6.07, 6.45) is 0. The summed E-state index contributed by atoms with van der Waals surface area (Å²) in [6, 6.07) is 27.0. The lowest BCUT2D eigenvalue weighted by Crippen LogP contribution is -2.46. The van der Waals surface area contributed by atoms with E-state index < -0.39 is 12.0 Å². The van der Waals surface area contributed by atoms with Crippen molar-refractivity contribution in [1.82, 2.24) is 4.98 Å². The minimum absolute atomic E-state index is 0.192. The van der Waals surface area contributed by atoms with Crippen LogP contribution in [0.1, 0.15) is 33.4 Å². The molecule has 0 saturated carbocycles. The summed E-state index contributed by atoms with van der Waals surface area (Å²) in [4.78, 5) is 34.7. The minimum atomic E-state index is -0.735. The van der Waals surface area contributed by atoms with Gasteiger partial charge in [0.05, 0.1) is 43.5 Å². The van der Waals surface area contributed by atoms with E-state index >= 15 is 0 Å². The Hall–Kier alpha value is -4.89. The summed E-state index contributed by atoms with van der Waals surface area (Å²) in [5.74, 6) is 0.868. The zero-order valence-electron chi connectivity index (χ0n) is 22.7. The fourth-order valence-electron chi connectivity index (χ4n) is 5.25. The Morgan fingerprint density at radius 2 is 1.46 bits per heavy atom. The number of carbonyl (C=O) groups excluding carboxylic acids is 2. The number of anilines is 2. The number of ether oxygens (including phenoxy) is 3. The second-order valence-corrected chi connectivity index (χ2v) is 10.5. The molecule has 2 amide bonds. The van der Waals surface area contributed by atoms with E-state index in [4.69, 9.17) is 14.2 Å². The number of carbonyl (C=O) groups is 2. The van der Waals surface area contributed by atoms with Crippen LogP contribution >= 0.6 is 11.3 Å². The van der Waals surface area contributed by atoms with Gasteiger partial charge in [0.25, 0.3) is 5.91 Å². The molecule has 9 heteroatoms. The molecule has 0 fully saturated rings. The number of thiazole rings is 1. The predicted molar refractivity (Wildman–Crippen MR) is 160 cm³/mol. The molecule has 4 aromatic carbocycles. The standard InChI is InChI=1S/C32H27N3O5S/c1-38-21-12-8-19(9-13-21)29-28(30(36)34-32-33-26-17-16-23(40-3)18-27(26)41-32)24-6-4-5-7-25(24)31(37)35(29)20-10-14-22(39-2)15-11-20/h4-18,28-29H,1-3H3,(H,33,34,36)/t28-,29-/m0/s1. The van der Waals surface area contributed by atoms with Gasteiger partial charge < -0.3 is 19.5 Å². The first-order valence-electron chi connectivity index (χ1n) is 13.0. The van der Waals surface area contributed by atoms with Crippen LogP contribution in [0.2, 0.25) is 0 Å². The van der Waals surface area contributed by atoms with Crippen LogP contribution in [-0.4, -0.2) is 38.1 Å². The minimum Gasteiger partial charge on any atom is -0.497 e. The van der Waals surface area contributed by atoms with E-state index in [-0.39, 0.29) is 11.8 Å². The first-order valence-corrected chi connectivity index (χ1v) is 13.8. The number of methoxy groups -OCH3 is 3. The van der Waals surface area contributed by atoms with Gasteiger partial charge in [0.2, 0.25) is 5.91 Å². The number of rotatable bonds is 7. The van der Waals surface area contributed by atoms with E-state index in [0.717, 1.165) is 15.8 Å². The molecule has 8 nitrogen and oxygen atoms in total. The molecule has 206 valence electrons. The van der Waals surface area contributed by atoms with Gasteiger partial charge in [-0.05, 0) is 71.8 Å². The third-order valence-electron chi connectivity index (χ3n) is 7.26. The van der Waals surface area contributed by atoms with Crippen molar-refractivity contribution in [2.75, 3.05) is 31.5 Å². The van der Waals surface area contributed by atoms with Crippen LogP contribution in [0.5, 0.6) is 17.2 Å². The predicted octanol–water partition coefficient (Wildman–Crippen LogP) is 6.45. The number of nitrogens with one attached hydrogen (secondary N) is 1. The fourth-order valence-corrected chi connectivity index (χ4v) is 6.15. The highest BCUT2D eigenvalue weighted by Crippen LogP contribution is 2.46. The van der Waals surface area contributed by atoms with Gasteiger partial charge in [-0.15, -0.1) is 0 Å². The second kappa shape index (κ2) is 10.9. The zero-order chi connectivity index (χ0) is 28.5. The van der Waals surface area contributed by atoms with Crippen molar-refractivity contribution in [3.05, 3.63) is 108 Å². The Bertz CT molecular complexity index is 1730. The highest BCUT2D eigenvalue weighted by atomic mass is 32.1. The quantitative estimate of drug-likeness (QED) is 0.244. The maximum absolute atomic E-state index is 14.3. The molecule has 0 bridgehead atoms. The van der Waals surface area contributed by atoms with Crippen LogP contribution in [0.4, 0.5) is 10.8 Å². The molecule has 1 aliphatic rings. The van der Waals surface area contributed by atoms with Gasteiger partial charge in [0.1, 0.15) is 17.2 Å². The number of hydrogen-bond acceptors (Lipinski definition) is 7. The fraction of sp³-hybridized carbons (Fsp3) is 0.156. The van der Waals surface area contributed by atoms with E-state index in [1.165, 1.54) is 11.3 Å². The molecule has 5 aromatic rings. The average Bonchev–Trinajstić information content (AvgIpc) is 3.42. The molecule has 0 saturated heterocycles. The number of hydrogen-bond donors (Lipinski definition) is 1. The molecule has 6 rings (SSSR count). The Labute approximate surface area is 241 Å². The van der Waals surface area contributed by atoms with Crippen molar-refractivity contribution in [3.63, 3.8) is 0 Å². The average molecular weight is 566 g/mol. The van der Waals surface area contributed by atoms with Crippen LogP contribution in [-0.2, 0) is 4.79 Å². The van der Waals surface area contributed by atoms with Gasteiger partial charge >= 0.3 is 0 Å². The Balaban J connectivity index is 1.48. The van der Waals surface area contributed by atoms with Crippen molar-refractivity contribution in [3.8, 4) is 17.2 Å². The molecule has 2 atom stereocenters. The van der Waals surface area contributed by atoms with Crippen LogP contribution in [0, 0.1) is 0 Å². The van der Waals surface area contributed by atoms with E-state index in [1.54, 1.807) is 44.4 Å². The first-order chi connectivity index (χ1) is 20.0. The lowest BCUT2D eigenvalue weighted by Gasteiger charge is -2.41. The lowest BCUT2D eigenvalue weighted by molar-refractivity contribution is -0.118. The molecular weight excluding hydrogens is 538 g/mol. The molecule has 1 N–H and O–H groups in total. The normalized spacial score (nSPS) is 16.3. The van der Waals surface area contributed by atoms with Gasteiger partial charge in [-0.2, -0.15) is 0 Å². The van der Waals surface area contributed by atoms with Crippen molar-refractivity contribution < 1.29 is 23.8 Å². The monoisotopic (exact) mass is 565 g/mol. The summed E-state index contributed by atoms with van der Waals surface area (Å²) in [5, 5.41) is 3.52. The number of fused-ring (bicyclic) bond motifs is 2. The number of nitrogens with zero attached hydrogens (tertiary/aromatic N) is 2. The number of amides is 2. The molecule has 0 unspecified atom stereocenters. The van der Waals surface area contributed by atoms with E-state index in [9.17, 15) is 9.59 Å². The van der Waals surface area contributed by atoms with Gasteiger partial charge in [0.15, 0.2) is 5.13 Å². The molecule has 0 radical (unpaired) electrons. The summed E-state index contributed by atoms with van der Waals surface area (Å²) in [6.45, 7) is 0. The van der Waals surface area contributed by atoms with Gasteiger partial charge in [0, 0.05) is 11.3 Å². The third-order valence-corrected chi connectivity index (χ3v) is 8.19.